The Bertz CT molecular complexity index is 717. The molecule has 24 heavy (non-hydrogen) atoms. The number of methoxy groups -OCH3 is 1. The molecule has 2 amide bonds. The largest absolute Gasteiger partial charge is 0.496 e. The van der Waals surface area contributed by atoms with Crippen molar-refractivity contribution in [2.45, 2.75) is 18.9 Å². The number of β-amino-alcohol motifs (C(OH)–C–C–N with tert-alkyl or cyclic N) is 1. The van der Waals surface area contributed by atoms with Crippen molar-refractivity contribution in [2.75, 3.05) is 25.5 Å². The highest BCUT2D eigenvalue weighted by molar-refractivity contribution is 5.90. The predicted molar refractivity (Wildman–Crippen MR) is 94.3 cm³/mol. The number of hydrogen-bond acceptors (Lipinski definition) is 3. The molecule has 5 heteroatoms. The van der Waals surface area contributed by atoms with Crippen LogP contribution in [-0.2, 0) is 0 Å². The Morgan fingerprint density at radius 3 is 2.88 bits per heavy atom. The normalized spacial score (nSPS) is 17.4. The Morgan fingerprint density at radius 1 is 1.25 bits per heavy atom. The molecule has 1 unspecified atom stereocenters. The molecule has 0 bridgehead atoms. The molecule has 0 radical (unpaired) electrons. The zero-order valence-corrected chi connectivity index (χ0v) is 13.7. The third-order valence-corrected chi connectivity index (χ3v) is 4.22. The number of nitrogens with one attached hydrogen (secondary N) is 1. The third-order valence-electron chi connectivity index (χ3n) is 4.22. The van der Waals surface area contributed by atoms with E-state index in [1.165, 1.54) is 0 Å². The molecule has 3 rings (SSSR count). The number of aliphatic hydroxyl groups is 1. The zero-order chi connectivity index (χ0) is 16.9. The van der Waals surface area contributed by atoms with E-state index in [9.17, 15) is 9.90 Å². The zero-order valence-electron chi connectivity index (χ0n) is 13.7. The number of nitrogens with zero attached hydrogens (tertiary/aromatic N) is 1. The Balaban J connectivity index is 1.77. The van der Waals surface area contributed by atoms with Crippen LogP contribution in [-0.4, -0.2) is 42.3 Å². The number of aliphatic hydroxyl groups excluding tert-OH is 1. The highest BCUT2D eigenvalue weighted by atomic mass is 16.5. The topological polar surface area (TPSA) is 61.8 Å². The average Bonchev–Trinajstić information content (AvgIpc) is 2.62. The van der Waals surface area contributed by atoms with Crippen LogP contribution in [0.3, 0.4) is 0 Å². The van der Waals surface area contributed by atoms with Crippen LogP contribution >= 0.6 is 0 Å². The lowest BCUT2D eigenvalue weighted by molar-refractivity contribution is 0.0883. The van der Waals surface area contributed by atoms with E-state index in [1.54, 1.807) is 12.0 Å². The minimum atomic E-state index is -0.426. The number of piperidine rings is 1. The van der Waals surface area contributed by atoms with E-state index in [0.717, 1.165) is 35.4 Å². The van der Waals surface area contributed by atoms with Gasteiger partial charge in [0.25, 0.3) is 0 Å². The van der Waals surface area contributed by atoms with Gasteiger partial charge in [-0.25, -0.2) is 4.79 Å². The van der Waals surface area contributed by atoms with Crippen LogP contribution in [0, 0.1) is 0 Å². The van der Waals surface area contributed by atoms with Crippen LogP contribution in [0.1, 0.15) is 12.8 Å². The Labute approximate surface area is 141 Å². The molecule has 1 saturated heterocycles. The second-order valence-electron chi connectivity index (χ2n) is 5.95. The number of urea groups is 1. The van der Waals surface area contributed by atoms with Crippen LogP contribution in [0.15, 0.2) is 48.5 Å². The smallest absolute Gasteiger partial charge is 0.321 e. The number of carbonyl (C=O) groups excluding carboxylic acids is 1. The van der Waals surface area contributed by atoms with Gasteiger partial charge in [0.2, 0.25) is 0 Å². The molecule has 1 aliphatic heterocycles. The van der Waals surface area contributed by atoms with Gasteiger partial charge in [-0.2, -0.15) is 0 Å². The van der Waals surface area contributed by atoms with E-state index in [1.807, 2.05) is 48.5 Å². The average molecular weight is 326 g/mol. The Morgan fingerprint density at radius 2 is 2.08 bits per heavy atom. The molecule has 1 atom stereocenters. The number of carbonyl (C=O) groups is 1. The number of para-hydroxylation sites is 1. The van der Waals surface area contributed by atoms with Gasteiger partial charge in [-0.05, 0) is 36.6 Å². The second kappa shape index (κ2) is 7.36. The lowest BCUT2D eigenvalue weighted by atomic mass is 10.0. The van der Waals surface area contributed by atoms with Gasteiger partial charge >= 0.3 is 6.03 Å². The molecule has 0 aromatic heterocycles. The highest BCUT2D eigenvalue weighted by Gasteiger charge is 2.22. The van der Waals surface area contributed by atoms with Crippen LogP contribution in [0.5, 0.6) is 5.75 Å². The van der Waals surface area contributed by atoms with Crippen molar-refractivity contribution in [3.05, 3.63) is 48.5 Å². The van der Waals surface area contributed by atoms with Crippen LogP contribution in [0.25, 0.3) is 11.1 Å². The monoisotopic (exact) mass is 326 g/mol. The fourth-order valence-electron chi connectivity index (χ4n) is 2.99. The summed E-state index contributed by atoms with van der Waals surface area (Å²) in [5.41, 5.74) is 2.68. The van der Waals surface area contributed by atoms with E-state index in [-0.39, 0.29) is 6.03 Å². The van der Waals surface area contributed by atoms with Crippen molar-refractivity contribution in [3.63, 3.8) is 0 Å². The molecule has 0 saturated carbocycles. The Kier molecular flexibility index (Phi) is 5.01. The molecular weight excluding hydrogens is 304 g/mol. The van der Waals surface area contributed by atoms with Crippen molar-refractivity contribution >= 4 is 11.7 Å². The minimum absolute atomic E-state index is 0.175. The van der Waals surface area contributed by atoms with Crippen molar-refractivity contribution in [2.24, 2.45) is 0 Å². The van der Waals surface area contributed by atoms with Gasteiger partial charge in [-0.3, -0.25) is 0 Å². The number of anilines is 1. The molecule has 5 nitrogen and oxygen atoms in total. The molecule has 2 aromatic rings. The first kappa shape index (κ1) is 16.3. The summed E-state index contributed by atoms with van der Waals surface area (Å²) in [6.07, 6.45) is 1.16. The first-order valence-corrected chi connectivity index (χ1v) is 8.15. The lowest BCUT2D eigenvalue weighted by Crippen LogP contribution is -2.44. The summed E-state index contributed by atoms with van der Waals surface area (Å²) in [7, 11) is 1.64. The lowest BCUT2D eigenvalue weighted by Gasteiger charge is -2.30. The summed E-state index contributed by atoms with van der Waals surface area (Å²) in [5, 5.41) is 12.6. The predicted octanol–water partition coefficient (Wildman–Crippen LogP) is 3.35. The van der Waals surface area contributed by atoms with E-state index in [0.29, 0.717) is 13.1 Å². The van der Waals surface area contributed by atoms with E-state index in [2.05, 4.69) is 5.32 Å². The maximum atomic E-state index is 12.4. The van der Waals surface area contributed by atoms with Crippen molar-refractivity contribution in [3.8, 4) is 16.9 Å². The summed E-state index contributed by atoms with van der Waals surface area (Å²) in [6.45, 7) is 1.06. The highest BCUT2D eigenvalue weighted by Crippen LogP contribution is 2.31. The molecule has 0 aliphatic carbocycles. The van der Waals surface area contributed by atoms with Gasteiger partial charge in [0, 0.05) is 24.3 Å². The first-order valence-electron chi connectivity index (χ1n) is 8.15. The van der Waals surface area contributed by atoms with Gasteiger partial charge in [0.1, 0.15) is 5.75 Å². The molecule has 0 spiro atoms. The number of benzene rings is 2. The van der Waals surface area contributed by atoms with Gasteiger partial charge in [0.15, 0.2) is 0 Å². The van der Waals surface area contributed by atoms with Crippen molar-refractivity contribution < 1.29 is 14.6 Å². The fourth-order valence-corrected chi connectivity index (χ4v) is 2.99. The molecule has 1 heterocycles. The Hall–Kier alpha value is -2.53. The van der Waals surface area contributed by atoms with E-state index >= 15 is 0 Å². The van der Waals surface area contributed by atoms with Crippen molar-refractivity contribution in [1.82, 2.24) is 4.90 Å². The van der Waals surface area contributed by atoms with E-state index < -0.39 is 6.10 Å². The number of rotatable bonds is 3. The molecular formula is C19H22N2O3. The van der Waals surface area contributed by atoms with Crippen LogP contribution in [0.4, 0.5) is 10.5 Å². The van der Waals surface area contributed by atoms with Gasteiger partial charge in [-0.1, -0.05) is 30.3 Å². The number of likely N-dealkylation sites (tertiary alicyclic amines) is 1. The maximum Gasteiger partial charge on any atom is 0.321 e. The van der Waals surface area contributed by atoms with Gasteiger partial charge in [0.05, 0.1) is 13.2 Å². The first-order chi connectivity index (χ1) is 11.7. The standard InChI is InChI=1S/C19H22N2O3/c1-24-18-10-3-2-9-17(18)14-6-4-7-15(12-14)20-19(23)21-11-5-8-16(22)13-21/h2-4,6-7,9-10,12,16,22H,5,8,11,13H2,1H3,(H,20,23). The quantitative estimate of drug-likeness (QED) is 0.909. The van der Waals surface area contributed by atoms with Crippen molar-refractivity contribution in [1.29, 1.82) is 0 Å². The SMILES string of the molecule is COc1ccccc1-c1cccc(NC(=O)N2CCCC(O)C2)c1. The fraction of sp³-hybridized carbons (Fsp3) is 0.316. The number of hydrogen-bond donors (Lipinski definition) is 2. The number of ether oxygens (including phenoxy) is 1. The summed E-state index contributed by atoms with van der Waals surface area (Å²) in [6, 6.07) is 15.3. The van der Waals surface area contributed by atoms with Gasteiger partial charge < -0.3 is 20.1 Å². The molecule has 126 valence electrons. The minimum Gasteiger partial charge on any atom is -0.496 e. The molecule has 1 aliphatic rings. The van der Waals surface area contributed by atoms with Gasteiger partial charge in [-0.15, -0.1) is 0 Å². The summed E-state index contributed by atoms with van der Waals surface area (Å²) < 4.78 is 5.40. The van der Waals surface area contributed by atoms with Crippen LogP contribution in [0.2, 0.25) is 0 Å². The summed E-state index contributed by atoms with van der Waals surface area (Å²) in [4.78, 5) is 14.0. The van der Waals surface area contributed by atoms with Crippen LogP contribution < -0.4 is 10.1 Å². The molecule has 2 N–H and O–H groups in total. The maximum absolute atomic E-state index is 12.4. The summed E-state index contributed by atoms with van der Waals surface area (Å²) in [5.74, 6) is 0.792. The molecule has 2 aromatic carbocycles. The molecule has 1 fully saturated rings. The third kappa shape index (κ3) is 3.68. The summed E-state index contributed by atoms with van der Waals surface area (Å²) >= 11 is 0. The number of amides is 2. The second-order valence-corrected chi connectivity index (χ2v) is 5.95. The van der Waals surface area contributed by atoms with E-state index in [4.69, 9.17) is 4.74 Å².